The summed E-state index contributed by atoms with van der Waals surface area (Å²) >= 11 is 0. The summed E-state index contributed by atoms with van der Waals surface area (Å²) in [5, 5.41) is 3.03. The highest BCUT2D eigenvalue weighted by atomic mass is 16.7. The Bertz CT molecular complexity index is 580. The molecule has 6 nitrogen and oxygen atoms in total. The normalized spacial score (nSPS) is 17.4. The topological polar surface area (TPSA) is 67.9 Å². The minimum absolute atomic E-state index is 0.110. The maximum absolute atomic E-state index is 12.3. The van der Waals surface area contributed by atoms with Gasteiger partial charge in [0.2, 0.25) is 12.7 Å². The van der Waals surface area contributed by atoms with E-state index < -0.39 is 0 Å². The second-order valence-electron chi connectivity index (χ2n) is 5.55. The number of carbonyl (C=O) groups is 2. The van der Waals surface area contributed by atoms with Crippen LogP contribution in [-0.4, -0.2) is 42.6 Å². The van der Waals surface area contributed by atoms with Crippen LogP contribution in [0.4, 0.5) is 0 Å². The van der Waals surface area contributed by atoms with E-state index in [1.165, 1.54) is 0 Å². The van der Waals surface area contributed by atoms with Crippen molar-refractivity contribution in [3.63, 3.8) is 0 Å². The third kappa shape index (κ3) is 3.00. The first-order valence-corrected chi connectivity index (χ1v) is 7.65. The van der Waals surface area contributed by atoms with Crippen molar-refractivity contribution >= 4 is 11.8 Å². The third-order valence-electron chi connectivity index (χ3n) is 4.12. The van der Waals surface area contributed by atoms with Crippen molar-refractivity contribution in [2.45, 2.75) is 32.2 Å². The number of hydrogen-bond donors (Lipinski definition) is 1. The van der Waals surface area contributed by atoms with Gasteiger partial charge in [-0.1, -0.05) is 6.92 Å². The number of nitrogens with one attached hydrogen (secondary N) is 1. The summed E-state index contributed by atoms with van der Waals surface area (Å²) < 4.78 is 10.5. The van der Waals surface area contributed by atoms with E-state index in [9.17, 15) is 9.59 Å². The zero-order valence-corrected chi connectivity index (χ0v) is 12.6. The molecule has 0 atom stereocenters. The molecule has 2 aliphatic rings. The fourth-order valence-corrected chi connectivity index (χ4v) is 2.80. The molecule has 1 aromatic rings. The molecule has 1 saturated heterocycles. The van der Waals surface area contributed by atoms with Crippen LogP contribution in [0.25, 0.3) is 0 Å². The van der Waals surface area contributed by atoms with Crippen molar-refractivity contribution in [1.29, 1.82) is 0 Å². The summed E-state index contributed by atoms with van der Waals surface area (Å²) in [5.41, 5.74) is 0.566. The number of hydrogen-bond acceptors (Lipinski definition) is 4. The highest BCUT2D eigenvalue weighted by Gasteiger charge is 2.24. The van der Waals surface area contributed by atoms with Crippen molar-refractivity contribution in [2.75, 3.05) is 19.9 Å². The Morgan fingerprint density at radius 3 is 2.68 bits per heavy atom. The molecule has 0 unspecified atom stereocenters. The Morgan fingerprint density at radius 1 is 1.23 bits per heavy atom. The second-order valence-corrected chi connectivity index (χ2v) is 5.55. The average Bonchev–Trinajstić information content (AvgIpc) is 3.02. The lowest BCUT2D eigenvalue weighted by Gasteiger charge is -2.32. The first kappa shape index (κ1) is 14.7. The van der Waals surface area contributed by atoms with Crippen LogP contribution in [-0.2, 0) is 4.79 Å². The minimum atomic E-state index is -0.112. The number of likely N-dealkylation sites (tertiary alicyclic amines) is 1. The van der Waals surface area contributed by atoms with Crippen LogP contribution in [0, 0.1) is 0 Å². The van der Waals surface area contributed by atoms with E-state index in [0.29, 0.717) is 36.6 Å². The van der Waals surface area contributed by atoms with Crippen LogP contribution in [0.5, 0.6) is 11.5 Å². The van der Waals surface area contributed by atoms with Crippen LogP contribution in [0.3, 0.4) is 0 Å². The molecule has 3 rings (SSSR count). The molecule has 0 bridgehead atoms. The second kappa shape index (κ2) is 6.25. The minimum Gasteiger partial charge on any atom is -0.454 e. The highest BCUT2D eigenvalue weighted by molar-refractivity contribution is 5.95. The van der Waals surface area contributed by atoms with Gasteiger partial charge in [0.1, 0.15) is 0 Å². The lowest BCUT2D eigenvalue weighted by atomic mass is 10.0. The van der Waals surface area contributed by atoms with Gasteiger partial charge < -0.3 is 19.7 Å². The predicted molar refractivity (Wildman–Crippen MR) is 79.9 cm³/mol. The van der Waals surface area contributed by atoms with Gasteiger partial charge in [-0.2, -0.15) is 0 Å². The monoisotopic (exact) mass is 304 g/mol. The van der Waals surface area contributed by atoms with Crippen LogP contribution in [0.2, 0.25) is 0 Å². The molecular weight excluding hydrogens is 284 g/mol. The highest BCUT2D eigenvalue weighted by Crippen LogP contribution is 2.32. The smallest absolute Gasteiger partial charge is 0.251 e. The van der Waals surface area contributed by atoms with Gasteiger partial charge in [0.05, 0.1) is 0 Å². The number of carbonyl (C=O) groups excluding carboxylic acids is 2. The van der Waals surface area contributed by atoms with Gasteiger partial charge in [-0.25, -0.2) is 0 Å². The lowest BCUT2D eigenvalue weighted by molar-refractivity contribution is -0.131. The van der Waals surface area contributed by atoms with E-state index in [0.717, 1.165) is 12.8 Å². The van der Waals surface area contributed by atoms with Gasteiger partial charge in [0, 0.05) is 31.1 Å². The average molecular weight is 304 g/mol. The van der Waals surface area contributed by atoms with E-state index in [-0.39, 0.29) is 24.6 Å². The third-order valence-corrected chi connectivity index (χ3v) is 4.12. The molecule has 22 heavy (non-hydrogen) atoms. The zero-order chi connectivity index (χ0) is 15.5. The van der Waals surface area contributed by atoms with E-state index in [1.807, 2.05) is 11.8 Å². The van der Waals surface area contributed by atoms with Crippen molar-refractivity contribution in [1.82, 2.24) is 10.2 Å². The number of fused-ring (bicyclic) bond motifs is 1. The van der Waals surface area contributed by atoms with Crippen molar-refractivity contribution in [3.05, 3.63) is 23.8 Å². The Labute approximate surface area is 129 Å². The quantitative estimate of drug-likeness (QED) is 0.920. The van der Waals surface area contributed by atoms with Crippen LogP contribution in [0.15, 0.2) is 18.2 Å². The molecule has 118 valence electrons. The number of ether oxygens (including phenoxy) is 2. The van der Waals surface area contributed by atoms with Gasteiger partial charge in [0.15, 0.2) is 11.5 Å². The molecule has 6 heteroatoms. The van der Waals surface area contributed by atoms with Crippen molar-refractivity contribution < 1.29 is 19.1 Å². The molecule has 0 saturated carbocycles. The summed E-state index contributed by atoms with van der Waals surface area (Å²) in [5.74, 6) is 1.35. The number of benzene rings is 1. The van der Waals surface area contributed by atoms with Gasteiger partial charge in [-0.3, -0.25) is 9.59 Å². The van der Waals surface area contributed by atoms with Gasteiger partial charge >= 0.3 is 0 Å². The Kier molecular flexibility index (Phi) is 4.18. The zero-order valence-electron chi connectivity index (χ0n) is 12.6. The summed E-state index contributed by atoms with van der Waals surface area (Å²) in [7, 11) is 0. The molecular formula is C16H20N2O4. The van der Waals surface area contributed by atoms with Crippen LogP contribution < -0.4 is 14.8 Å². The number of rotatable bonds is 3. The summed E-state index contributed by atoms with van der Waals surface area (Å²) in [4.78, 5) is 25.8. The van der Waals surface area contributed by atoms with Gasteiger partial charge in [-0.05, 0) is 31.0 Å². The first-order chi connectivity index (χ1) is 10.7. The SMILES string of the molecule is CCC(=O)N1CCC(NC(=O)c2ccc3c(c2)OCO3)CC1. The van der Waals surface area contributed by atoms with Crippen molar-refractivity contribution in [3.8, 4) is 11.5 Å². The molecule has 0 radical (unpaired) electrons. The van der Waals surface area contributed by atoms with E-state index >= 15 is 0 Å². The fourth-order valence-electron chi connectivity index (χ4n) is 2.80. The summed E-state index contributed by atoms with van der Waals surface area (Å²) in [6.45, 7) is 3.48. The van der Waals surface area contributed by atoms with Crippen LogP contribution >= 0.6 is 0 Å². The molecule has 2 amide bonds. The molecule has 1 fully saturated rings. The Balaban J connectivity index is 1.56. The molecule has 2 heterocycles. The molecule has 1 aromatic carbocycles. The van der Waals surface area contributed by atoms with E-state index in [1.54, 1.807) is 18.2 Å². The van der Waals surface area contributed by atoms with E-state index in [2.05, 4.69) is 5.32 Å². The van der Waals surface area contributed by atoms with Gasteiger partial charge in [-0.15, -0.1) is 0 Å². The van der Waals surface area contributed by atoms with Crippen molar-refractivity contribution in [2.24, 2.45) is 0 Å². The van der Waals surface area contributed by atoms with Crippen LogP contribution in [0.1, 0.15) is 36.5 Å². The maximum Gasteiger partial charge on any atom is 0.251 e. The standard InChI is InChI=1S/C16H20N2O4/c1-2-15(19)18-7-5-12(6-8-18)17-16(20)11-3-4-13-14(9-11)22-10-21-13/h3-4,9,12H,2,5-8,10H2,1H3,(H,17,20). The molecule has 1 N–H and O–H groups in total. The van der Waals surface area contributed by atoms with E-state index in [4.69, 9.17) is 9.47 Å². The predicted octanol–water partition coefficient (Wildman–Crippen LogP) is 1.55. The fraction of sp³-hybridized carbons (Fsp3) is 0.500. The number of nitrogens with zero attached hydrogens (tertiary/aromatic N) is 1. The lowest BCUT2D eigenvalue weighted by Crippen LogP contribution is -2.46. The summed E-state index contributed by atoms with van der Waals surface area (Å²) in [6, 6.07) is 5.30. The largest absolute Gasteiger partial charge is 0.454 e. The first-order valence-electron chi connectivity index (χ1n) is 7.65. The number of piperidine rings is 1. The molecule has 0 aromatic heterocycles. The molecule has 2 aliphatic heterocycles. The molecule has 0 aliphatic carbocycles. The Hall–Kier alpha value is -2.24. The van der Waals surface area contributed by atoms with Gasteiger partial charge in [0.25, 0.3) is 5.91 Å². The Morgan fingerprint density at radius 2 is 1.95 bits per heavy atom. The number of amides is 2. The summed E-state index contributed by atoms with van der Waals surface area (Å²) in [6.07, 6.45) is 2.12. The molecule has 0 spiro atoms. The maximum atomic E-state index is 12.3.